The summed E-state index contributed by atoms with van der Waals surface area (Å²) < 4.78 is 33.5. The molecule has 3 rings (SSSR count). The Kier molecular flexibility index (Phi) is 3.99. The lowest BCUT2D eigenvalue weighted by Crippen LogP contribution is -2.12. The zero-order chi connectivity index (χ0) is 16.6. The normalized spacial score (nSPS) is 11.6. The summed E-state index contributed by atoms with van der Waals surface area (Å²) in [5, 5.41) is 0.365. The maximum atomic E-state index is 12.4. The highest BCUT2D eigenvalue weighted by Gasteiger charge is 2.17. The molecule has 5 nitrogen and oxygen atoms in total. The number of aromatic nitrogens is 1. The fourth-order valence-electron chi connectivity index (χ4n) is 2.35. The van der Waals surface area contributed by atoms with E-state index in [1.807, 2.05) is 19.9 Å². The number of ether oxygens (including phenoxy) is 1. The first kappa shape index (κ1) is 15.8. The number of thiazole rings is 1. The summed E-state index contributed by atoms with van der Waals surface area (Å²) in [5.74, 6) is 0.607. The SMILES string of the molecule is COc1ccc(S(=O)(=O)Nc2nc3cc(C)cc(C)c3s2)cc1. The second-order valence-corrected chi connectivity index (χ2v) is 7.91. The molecule has 120 valence electrons. The zero-order valence-electron chi connectivity index (χ0n) is 13.0. The molecule has 2 aromatic carbocycles. The lowest BCUT2D eigenvalue weighted by atomic mass is 10.1. The Labute approximate surface area is 139 Å². The molecule has 23 heavy (non-hydrogen) atoms. The molecular weight excluding hydrogens is 332 g/mol. The molecule has 0 unspecified atom stereocenters. The van der Waals surface area contributed by atoms with E-state index in [0.29, 0.717) is 10.9 Å². The average molecular weight is 348 g/mol. The number of anilines is 1. The molecule has 1 heterocycles. The average Bonchev–Trinajstić information content (AvgIpc) is 2.89. The third-order valence-corrected chi connectivity index (χ3v) is 6.02. The van der Waals surface area contributed by atoms with E-state index in [9.17, 15) is 8.42 Å². The van der Waals surface area contributed by atoms with Crippen molar-refractivity contribution in [1.29, 1.82) is 0 Å². The molecule has 1 aromatic heterocycles. The summed E-state index contributed by atoms with van der Waals surface area (Å²) in [6.07, 6.45) is 0. The zero-order valence-corrected chi connectivity index (χ0v) is 14.6. The summed E-state index contributed by atoms with van der Waals surface area (Å²) in [6.45, 7) is 3.99. The van der Waals surface area contributed by atoms with Crippen LogP contribution in [0.2, 0.25) is 0 Å². The monoisotopic (exact) mass is 348 g/mol. The van der Waals surface area contributed by atoms with E-state index in [4.69, 9.17) is 4.74 Å². The molecule has 0 fully saturated rings. The second kappa shape index (κ2) is 5.82. The van der Waals surface area contributed by atoms with Gasteiger partial charge in [0.25, 0.3) is 10.0 Å². The summed E-state index contributed by atoms with van der Waals surface area (Å²) in [6, 6.07) is 10.2. The largest absolute Gasteiger partial charge is 0.497 e. The van der Waals surface area contributed by atoms with Gasteiger partial charge in [-0.2, -0.15) is 0 Å². The number of aryl methyl sites for hydroxylation is 2. The van der Waals surface area contributed by atoms with Crippen molar-refractivity contribution in [3.05, 3.63) is 47.5 Å². The van der Waals surface area contributed by atoms with Gasteiger partial charge in [-0.15, -0.1) is 0 Å². The molecule has 0 radical (unpaired) electrons. The van der Waals surface area contributed by atoms with Crippen LogP contribution in [0.3, 0.4) is 0 Å². The van der Waals surface area contributed by atoms with E-state index in [0.717, 1.165) is 21.3 Å². The molecule has 0 aliphatic rings. The van der Waals surface area contributed by atoms with Gasteiger partial charge in [0.2, 0.25) is 0 Å². The predicted octanol–water partition coefficient (Wildman–Crippen LogP) is 3.72. The van der Waals surface area contributed by atoms with Gasteiger partial charge < -0.3 is 4.74 Å². The van der Waals surface area contributed by atoms with Crippen LogP contribution in [0, 0.1) is 13.8 Å². The Bertz CT molecular complexity index is 961. The minimum atomic E-state index is -3.67. The molecule has 3 aromatic rings. The van der Waals surface area contributed by atoms with Crippen LogP contribution in [0.5, 0.6) is 5.75 Å². The number of fused-ring (bicyclic) bond motifs is 1. The van der Waals surface area contributed by atoms with E-state index >= 15 is 0 Å². The Morgan fingerprint density at radius 3 is 2.48 bits per heavy atom. The second-order valence-electron chi connectivity index (χ2n) is 5.23. The minimum Gasteiger partial charge on any atom is -0.497 e. The quantitative estimate of drug-likeness (QED) is 0.780. The van der Waals surface area contributed by atoms with Gasteiger partial charge in [-0.05, 0) is 55.3 Å². The molecule has 0 spiro atoms. The van der Waals surface area contributed by atoms with Gasteiger partial charge >= 0.3 is 0 Å². The van der Waals surface area contributed by atoms with Crippen molar-refractivity contribution in [3.63, 3.8) is 0 Å². The first-order chi connectivity index (χ1) is 10.9. The fraction of sp³-hybridized carbons (Fsp3) is 0.188. The van der Waals surface area contributed by atoms with E-state index in [-0.39, 0.29) is 4.90 Å². The van der Waals surface area contributed by atoms with Crippen LogP contribution >= 0.6 is 11.3 Å². The number of hydrogen-bond donors (Lipinski definition) is 1. The molecule has 0 saturated heterocycles. The standard InChI is InChI=1S/C16H16N2O3S2/c1-10-8-11(2)15-14(9-10)17-16(22-15)18-23(19,20)13-6-4-12(21-3)5-7-13/h4-9H,1-3H3,(H,17,18). The maximum Gasteiger partial charge on any atom is 0.263 e. The Hall–Kier alpha value is -2.12. The van der Waals surface area contributed by atoms with Crippen LogP contribution < -0.4 is 9.46 Å². The number of methoxy groups -OCH3 is 1. The van der Waals surface area contributed by atoms with Gasteiger partial charge in [-0.25, -0.2) is 13.4 Å². The highest BCUT2D eigenvalue weighted by Crippen LogP contribution is 2.31. The topological polar surface area (TPSA) is 68.3 Å². The maximum absolute atomic E-state index is 12.4. The Balaban J connectivity index is 1.95. The summed E-state index contributed by atoms with van der Waals surface area (Å²) in [5.41, 5.74) is 3.00. The summed E-state index contributed by atoms with van der Waals surface area (Å²) in [4.78, 5) is 4.55. The number of rotatable bonds is 4. The molecule has 0 aliphatic heterocycles. The molecule has 1 N–H and O–H groups in total. The third-order valence-electron chi connectivity index (χ3n) is 3.41. The van der Waals surface area contributed by atoms with Crippen molar-refractivity contribution in [2.45, 2.75) is 18.7 Å². The van der Waals surface area contributed by atoms with Crippen LogP contribution in [-0.2, 0) is 10.0 Å². The van der Waals surface area contributed by atoms with Crippen LogP contribution in [0.15, 0.2) is 41.3 Å². The van der Waals surface area contributed by atoms with E-state index in [2.05, 4.69) is 15.8 Å². The molecule has 0 atom stereocenters. The van der Waals surface area contributed by atoms with Crippen molar-refractivity contribution < 1.29 is 13.2 Å². The number of sulfonamides is 1. The molecule has 0 amide bonds. The van der Waals surface area contributed by atoms with Crippen molar-refractivity contribution >= 4 is 36.7 Å². The van der Waals surface area contributed by atoms with Crippen molar-refractivity contribution in [1.82, 2.24) is 4.98 Å². The molecule has 7 heteroatoms. The first-order valence-corrected chi connectivity index (χ1v) is 9.24. The van der Waals surface area contributed by atoms with E-state index < -0.39 is 10.0 Å². The third kappa shape index (κ3) is 3.16. The number of nitrogens with zero attached hydrogens (tertiary/aromatic N) is 1. The Morgan fingerprint density at radius 1 is 1.13 bits per heavy atom. The predicted molar refractivity (Wildman–Crippen MR) is 92.9 cm³/mol. The van der Waals surface area contributed by atoms with Crippen LogP contribution in [-0.4, -0.2) is 20.5 Å². The first-order valence-electron chi connectivity index (χ1n) is 6.94. The lowest BCUT2D eigenvalue weighted by molar-refractivity contribution is 0.414. The smallest absolute Gasteiger partial charge is 0.263 e. The number of benzene rings is 2. The van der Waals surface area contributed by atoms with Gasteiger partial charge in [0.15, 0.2) is 5.13 Å². The lowest BCUT2D eigenvalue weighted by Gasteiger charge is -2.05. The van der Waals surface area contributed by atoms with E-state index in [1.165, 1.54) is 30.6 Å². The Morgan fingerprint density at radius 2 is 1.83 bits per heavy atom. The van der Waals surface area contributed by atoms with E-state index in [1.54, 1.807) is 12.1 Å². The van der Waals surface area contributed by atoms with Crippen molar-refractivity contribution in [2.24, 2.45) is 0 Å². The highest BCUT2D eigenvalue weighted by atomic mass is 32.2. The van der Waals surface area contributed by atoms with Crippen molar-refractivity contribution in [3.8, 4) is 5.75 Å². The van der Waals surface area contributed by atoms with Gasteiger partial charge in [0.05, 0.1) is 22.2 Å². The van der Waals surface area contributed by atoms with Crippen LogP contribution in [0.4, 0.5) is 5.13 Å². The van der Waals surface area contributed by atoms with Gasteiger partial charge in [-0.3, -0.25) is 4.72 Å². The minimum absolute atomic E-state index is 0.172. The fourth-order valence-corrected chi connectivity index (χ4v) is 4.50. The number of hydrogen-bond acceptors (Lipinski definition) is 5. The van der Waals surface area contributed by atoms with Gasteiger partial charge in [0, 0.05) is 0 Å². The van der Waals surface area contributed by atoms with Crippen molar-refractivity contribution in [2.75, 3.05) is 11.8 Å². The van der Waals surface area contributed by atoms with Crippen LogP contribution in [0.25, 0.3) is 10.2 Å². The van der Waals surface area contributed by atoms with Crippen LogP contribution in [0.1, 0.15) is 11.1 Å². The molecule has 0 aliphatic carbocycles. The molecule has 0 saturated carbocycles. The highest BCUT2D eigenvalue weighted by molar-refractivity contribution is 7.93. The summed E-state index contributed by atoms with van der Waals surface area (Å²) >= 11 is 1.34. The molecular formula is C16H16N2O3S2. The number of nitrogens with one attached hydrogen (secondary N) is 1. The van der Waals surface area contributed by atoms with Gasteiger partial charge in [-0.1, -0.05) is 17.4 Å². The molecule has 0 bridgehead atoms. The summed E-state index contributed by atoms with van der Waals surface area (Å²) in [7, 11) is -2.13. The van der Waals surface area contributed by atoms with Gasteiger partial charge in [0.1, 0.15) is 5.75 Å².